The van der Waals surface area contributed by atoms with E-state index in [1.165, 1.54) is 51.0 Å². The summed E-state index contributed by atoms with van der Waals surface area (Å²) in [7, 11) is 0. The maximum absolute atomic E-state index is 13.0. The second-order valence-electron chi connectivity index (χ2n) is 6.00. The van der Waals surface area contributed by atoms with Crippen LogP contribution in [-0.2, 0) is 6.42 Å². The minimum absolute atomic E-state index is 0.103. The van der Waals surface area contributed by atoms with Gasteiger partial charge in [-0.3, -0.25) is 0 Å². The highest BCUT2D eigenvalue weighted by atomic mass is 19.1. The summed E-state index contributed by atoms with van der Waals surface area (Å²) in [5.41, 5.74) is 1.15. The Bertz CT molecular complexity index is 350. The zero-order chi connectivity index (χ0) is 12.8. The molecule has 0 atom stereocenters. The highest BCUT2D eigenvalue weighted by molar-refractivity contribution is 5.16. The molecule has 2 rings (SSSR count). The lowest BCUT2D eigenvalue weighted by Gasteiger charge is -2.26. The molecule has 0 nitrogen and oxygen atoms in total. The Morgan fingerprint density at radius 2 is 1.89 bits per heavy atom. The third-order valence-electron chi connectivity index (χ3n) is 4.35. The van der Waals surface area contributed by atoms with Crippen molar-refractivity contribution in [2.75, 3.05) is 0 Å². The first kappa shape index (κ1) is 13.6. The van der Waals surface area contributed by atoms with E-state index in [-0.39, 0.29) is 5.82 Å². The van der Waals surface area contributed by atoms with Crippen molar-refractivity contribution in [3.63, 3.8) is 0 Å². The van der Waals surface area contributed by atoms with Crippen LogP contribution in [0.15, 0.2) is 24.3 Å². The number of unbranched alkanes of at least 4 members (excludes halogenated alkanes) is 1. The van der Waals surface area contributed by atoms with Gasteiger partial charge < -0.3 is 0 Å². The third kappa shape index (κ3) is 4.44. The van der Waals surface area contributed by atoms with Gasteiger partial charge in [0.25, 0.3) is 0 Å². The van der Waals surface area contributed by atoms with Gasteiger partial charge in [0.15, 0.2) is 0 Å². The maximum Gasteiger partial charge on any atom is 0.123 e. The van der Waals surface area contributed by atoms with E-state index in [1.54, 1.807) is 6.07 Å². The van der Waals surface area contributed by atoms with Crippen molar-refractivity contribution in [2.24, 2.45) is 11.8 Å². The Hall–Kier alpha value is -0.850. The monoisotopic (exact) mass is 248 g/mol. The molecule has 18 heavy (non-hydrogen) atoms. The number of benzene rings is 1. The number of hydrogen-bond donors (Lipinski definition) is 0. The van der Waals surface area contributed by atoms with Crippen molar-refractivity contribution in [3.8, 4) is 0 Å². The summed E-state index contributed by atoms with van der Waals surface area (Å²) >= 11 is 0. The molecule has 0 saturated heterocycles. The number of aryl methyl sites for hydroxylation is 1. The fourth-order valence-corrected chi connectivity index (χ4v) is 3.07. The second-order valence-corrected chi connectivity index (χ2v) is 6.00. The molecule has 0 bridgehead atoms. The van der Waals surface area contributed by atoms with E-state index in [1.807, 2.05) is 12.1 Å². The van der Waals surface area contributed by atoms with Crippen molar-refractivity contribution >= 4 is 0 Å². The highest BCUT2D eigenvalue weighted by Gasteiger charge is 2.17. The van der Waals surface area contributed by atoms with Crippen LogP contribution >= 0.6 is 0 Å². The van der Waals surface area contributed by atoms with E-state index in [0.717, 1.165) is 23.8 Å². The van der Waals surface area contributed by atoms with Crippen LogP contribution in [0.1, 0.15) is 57.4 Å². The van der Waals surface area contributed by atoms with Gasteiger partial charge in [-0.1, -0.05) is 57.6 Å². The van der Waals surface area contributed by atoms with Gasteiger partial charge in [-0.05, 0) is 42.4 Å². The smallest absolute Gasteiger partial charge is 0.123 e. The summed E-state index contributed by atoms with van der Waals surface area (Å²) < 4.78 is 13.0. The number of hydrogen-bond acceptors (Lipinski definition) is 0. The van der Waals surface area contributed by atoms with Gasteiger partial charge >= 0.3 is 0 Å². The molecule has 1 aromatic rings. The lowest BCUT2D eigenvalue weighted by Crippen LogP contribution is -2.12. The number of halogens is 1. The molecule has 1 heteroatoms. The second kappa shape index (κ2) is 6.92. The van der Waals surface area contributed by atoms with E-state index in [2.05, 4.69) is 6.92 Å². The summed E-state index contributed by atoms with van der Waals surface area (Å²) in [4.78, 5) is 0. The molecule has 0 radical (unpaired) electrons. The average molecular weight is 248 g/mol. The highest BCUT2D eigenvalue weighted by Crippen LogP contribution is 2.31. The first-order valence-corrected chi connectivity index (χ1v) is 7.48. The van der Waals surface area contributed by atoms with E-state index < -0.39 is 0 Å². The molecule has 0 unspecified atom stereocenters. The van der Waals surface area contributed by atoms with Crippen LogP contribution in [0.5, 0.6) is 0 Å². The largest absolute Gasteiger partial charge is 0.207 e. The molecule has 1 saturated carbocycles. The van der Waals surface area contributed by atoms with Crippen LogP contribution in [0.2, 0.25) is 0 Å². The molecule has 1 aliphatic rings. The van der Waals surface area contributed by atoms with Crippen LogP contribution in [0.25, 0.3) is 0 Å². The molecule has 0 amide bonds. The molecule has 1 fully saturated rings. The molecule has 100 valence electrons. The van der Waals surface area contributed by atoms with Crippen molar-refractivity contribution in [3.05, 3.63) is 35.6 Å². The SMILES string of the molecule is CC1CCC(CCCCc2cccc(F)c2)CC1. The van der Waals surface area contributed by atoms with Gasteiger partial charge in [-0.25, -0.2) is 4.39 Å². The molecule has 1 aromatic carbocycles. The average Bonchev–Trinajstić information content (AvgIpc) is 2.37. The maximum atomic E-state index is 13.0. The quantitative estimate of drug-likeness (QED) is 0.615. The molecule has 0 N–H and O–H groups in total. The van der Waals surface area contributed by atoms with Crippen LogP contribution in [0, 0.1) is 17.7 Å². The molecule has 1 aliphatic carbocycles. The van der Waals surface area contributed by atoms with Gasteiger partial charge in [0.1, 0.15) is 5.82 Å². The minimum atomic E-state index is -0.103. The van der Waals surface area contributed by atoms with E-state index in [0.29, 0.717) is 0 Å². The van der Waals surface area contributed by atoms with Crippen LogP contribution < -0.4 is 0 Å². The van der Waals surface area contributed by atoms with Crippen molar-refractivity contribution in [2.45, 2.75) is 58.3 Å². The molecular weight excluding hydrogens is 223 g/mol. The predicted molar refractivity (Wildman–Crippen MR) is 75.1 cm³/mol. The van der Waals surface area contributed by atoms with E-state index in [4.69, 9.17) is 0 Å². The molecule has 0 aliphatic heterocycles. The van der Waals surface area contributed by atoms with Gasteiger partial charge in [0, 0.05) is 0 Å². The first-order chi connectivity index (χ1) is 8.74. The summed E-state index contributed by atoms with van der Waals surface area (Å²) in [6.07, 6.45) is 10.6. The van der Waals surface area contributed by atoms with Crippen LogP contribution in [-0.4, -0.2) is 0 Å². The molecule has 0 aromatic heterocycles. The Balaban J connectivity index is 1.61. The predicted octanol–water partition coefficient (Wildman–Crippen LogP) is 5.36. The standard InChI is InChI=1S/C17H25F/c1-14-9-11-15(12-10-14)5-2-3-6-16-7-4-8-17(18)13-16/h4,7-8,13-15H,2-3,5-6,9-12H2,1H3. The fraction of sp³-hybridized carbons (Fsp3) is 0.647. The minimum Gasteiger partial charge on any atom is -0.207 e. The van der Waals surface area contributed by atoms with Crippen LogP contribution in [0.3, 0.4) is 0 Å². The Morgan fingerprint density at radius 1 is 1.11 bits per heavy atom. The zero-order valence-corrected chi connectivity index (χ0v) is 11.5. The summed E-state index contributed by atoms with van der Waals surface area (Å²) in [6.45, 7) is 2.38. The lowest BCUT2D eigenvalue weighted by molar-refractivity contribution is 0.272. The van der Waals surface area contributed by atoms with E-state index in [9.17, 15) is 4.39 Å². The summed E-state index contributed by atoms with van der Waals surface area (Å²) in [5, 5.41) is 0. The Morgan fingerprint density at radius 3 is 2.61 bits per heavy atom. The summed E-state index contributed by atoms with van der Waals surface area (Å²) in [5.74, 6) is 1.82. The van der Waals surface area contributed by atoms with Gasteiger partial charge in [-0.2, -0.15) is 0 Å². The fourth-order valence-electron chi connectivity index (χ4n) is 3.07. The zero-order valence-electron chi connectivity index (χ0n) is 11.5. The van der Waals surface area contributed by atoms with Crippen molar-refractivity contribution in [1.29, 1.82) is 0 Å². The Kier molecular flexibility index (Phi) is 5.22. The molecular formula is C17H25F. The lowest BCUT2D eigenvalue weighted by atomic mass is 9.80. The van der Waals surface area contributed by atoms with Gasteiger partial charge in [-0.15, -0.1) is 0 Å². The van der Waals surface area contributed by atoms with Crippen molar-refractivity contribution < 1.29 is 4.39 Å². The molecule has 0 spiro atoms. The molecule has 0 heterocycles. The third-order valence-corrected chi connectivity index (χ3v) is 4.35. The van der Waals surface area contributed by atoms with Crippen LogP contribution in [0.4, 0.5) is 4.39 Å². The van der Waals surface area contributed by atoms with Gasteiger partial charge in [0.05, 0.1) is 0 Å². The topological polar surface area (TPSA) is 0 Å². The Labute approximate surface area is 111 Å². The van der Waals surface area contributed by atoms with Crippen molar-refractivity contribution in [1.82, 2.24) is 0 Å². The first-order valence-electron chi connectivity index (χ1n) is 7.48. The number of rotatable bonds is 5. The summed E-state index contributed by atoms with van der Waals surface area (Å²) in [6, 6.07) is 7.04. The van der Waals surface area contributed by atoms with E-state index >= 15 is 0 Å². The normalized spacial score (nSPS) is 24.1. The van der Waals surface area contributed by atoms with Gasteiger partial charge in [0.2, 0.25) is 0 Å².